The molecular weight excluding hydrogens is 407 g/mol. The summed E-state index contributed by atoms with van der Waals surface area (Å²) in [5, 5.41) is 0. The van der Waals surface area contributed by atoms with Gasteiger partial charge in [-0.15, -0.1) is 0 Å². The van der Waals surface area contributed by atoms with Gasteiger partial charge in [-0.3, -0.25) is 0 Å². The van der Waals surface area contributed by atoms with Crippen LogP contribution in [0, 0.1) is 0 Å². The van der Waals surface area contributed by atoms with Crippen LogP contribution in [0.25, 0.3) is 0 Å². The molecule has 1 aliphatic carbocycles. The largest absolute Gasteiger partial charge is 0.237 e. The first-order valence-electron chi connectivity index (χ1n) is 9.41. The summed E-state index contributed by atoms with van der Waals surface area (Å²) >= 11 is 2.43. The van der Waals surface area contributed by atoms with E-state index in [4.69, 9.17) is 19.6 Å². The zero-order chi connectivity index (χ0) is 16.6. The first-order chi connectivity index (χ1) is 11.3. The van der Waals surface area contributed by atoms with Crippen LogP contribution in [0.4, 0.5) is 0 Å². The highest BCUT2D eigenvalue weighted by Crippen LogP contribution is 2.30. The highest BCUT2D eigenvalue weighted by atomic mass is 127. The van der Waals surface area contributed by atoms with Crippen LogP contribution in [0.1, 0.15) is 89.9 Å². The Kier molecular flexibility index (Phi) is 14.0. The van der Waals surface area contributed by atoms with Gasteiger partial charge in [-0.1, -0.05) is 74.0 Å². The summed E-state index contributed by atoms with van der Waals surface area (Å²) in [4.78, 5) is 21.8. The molecule has 0 heterocycles. The van der Waals surface area contributed by atoms with Gasteiger partial charge >= 0.3 is 0 Å². The molecular formula is C18H35IO4. The van der Waals surface area contributed by atoms with Gasteiger partial charge in [0.15, 0.2) is 0 Å². The van der Waals surface area contributed by atoms with Crippen molar-refractivity contribution in [3.63, 3.8) is 0 Å². The van der Waals surface area contributed by atoms with Gasteiger partial charge in [0.2, 0.25) is 5.79 Å². The Bertz CT molecular complexity index is 251. The zero-order valence-corrected chi connectivity index (χ0v) is 17.0. The number of alkyl halides is 1. The molecule has 138 valence electrons. The number of hydrogen-bond donors (Lipinski definition) is 0. The van der Waals surface area contributed by atoms with Gasteiger partial charge in [-0.25, -0.2) is 9.78 Å². The van der Waals surface area contributed by atoms with Crippen LogP contribution in [0.3, 0.4) is 0 Å². The topological polar surface area (TPSA) is 36.9 Å². The van der Waals surface area contributed by atoms with Crippen molar-refractivity contribution < 1.29 is 19.6 Å². The van der Waals surface area contributed by atoms with E-state index in [9.17, 15) is 0 Å². The molecule has 0 aromatic rings. The van der Waals surface area contributed by atoms with E-state index in [1.54, 1.807) is 7.11 Å². The second-order valence-corrected chi connectivity index (χ2v) is 7.58. The zero-order valence-electron chi connectivity index (χ0n) is 14.8. The lowest BCUT2D eigenvalue weighted by molar-refractivity contribution is -0.509. The Morgan fingerprint density at radius 3 is 1.87 bits per heavy atom. The first-order valence-corrected chi connectivity index (χ1v) is 10.9. The van der Waals surface area contributed by atoms with Crippen molar-refractivity contribution in [2.24, 2.45) is 0 Å². The van der Waals surface area contributed by atoms with Gasteiger partial charge in [0.1, 0.15) is 0 Å². The Morgan fingerprint density at radius 2 is 1.30 bits per heavy atom. The number of halogens is 1. The lowest BCUT2D eigenvalue weighted by Gasteiger charge is -2.30. The van der Waals surface area contributed by atoms with Gasteiger partial charge in [0.05, 0.1) is 13.7 Å². The average molecular weight is 442 g/mol. The molecule has 0 N–H and O–H groups in total. The second-order valence-electron chi connectivity index (χ2n) is 6.50. The number of unbranched alkanes of at least 4 members (excludes halogenated alkanes) is 3. The van der Waals surface area contributed by atoms with Gasteiger partial charge in [0, 0.05) is 12.8 Å². The highest BCUT2D eigenvalue weighted by Gasteiger charge is 2.34. The highest BCUT2D eigenvalue weighted by molar-refractivity contribution is 14.1. The third-order valence-corrected chi connectivity index (χ3v) is 5.19. The van der Waals surface area contributed by atoms with Gasteiger partial charge in [-0.2, -0.15) is 9.78 Å². The molecule has 5 heteroatoms. The summed E-state index contributed by atoms with van der Waals surface area (Å²) in [6.45, 7) is 0.635. The molecule has 0 bridgehead atoms. The van der Waals surface area contributed by atoms with E-state index in [-0.39, 0.29) is 0 Å². The van der Waals surface area contributed by atoms with Crippen LogP contribution in [-0.4, -0.2) is 23.9 Å². The third-order valence-electron chi connectivity index (χ3n) is 4.42. The Hall–Kier alpha value is 0.570. The molecule has 1 rings (SSSR count). The summed E-state index contributed by atoms with van der Waals surface area (Å²) in [5.41, 5.74) is 0. The van der Waals surface area contributed by atoms with E-state index >= 15 is 0 Å². The van der Waals surface area contributed by atoms with E-state index in [1.165, 1.54) is 62.2 Å². The van der Waals surface area contributed by atoms with Crippen molar-refractivity contribution in [2.45, 2.75) is 95.7 Å². The predicted octanol–water partition coefficient (Wildman–Crippen LogP) is 6.12. The van der Waals surface area contributed by atoms with Crippen LogP contribution < -0.4 is 0 Å². The van der Waals surface area contributed by atoms with Crippen molar-refractivity contribution in [1.29, 1.82) is 0 Å². The van der Waals surface area contributed by atoms with Gasteiger partial charge in [-0.05, 0) is 30.1 Å². The molecule has 0 aromatic carbocycles. The van der Waals surface area contributed by atoms with Crippen LogP contribution in [0.5, 0.6) is 0 Å². The normalized spacial score (nSPS) is 20.1. The molecule has 0 spiro atoms. The van der Waals surface area contributed by atoms with Crippen molar-refractivity contribution in [3.8, 4) is 0 Å². The van der Waals surface area contributed by atoms with E-state index in [1.807, 2.05) is 0 Å². The molecule has 4 nitrogen and oxygen atoms in total. The van der Waals surface area contributed by atoms with Crippen LogP contribution in [0.15, 0.2) is 0 Å². The lowest BCUT2D eigenvalue weighted by Crippen LogP contribution is -2.36. The molecule has 1 saturated carbocycles. The molecule has 0 aromatic heterocycles. The summed E-state index contributed by atoms with van der Waals surface area (Å²) in [7, 11) is 1.56. The monoisotopic (exact) mass is 442 g/mol. The molecule has 23 heavy (non-hydrogen) atoms. The minimum absolute atomic E-state index is 0.635. The van der Waals surface area contributed by atoms with Gasteiger partial charge in [0.25, 0.3) is 0 Å². The quantitative estimate of drug-likeness (QED) is 0.102. The van der Waals surface area contributed by atoms with E-state index in [0.717, 1.165) is 32.1 Å². The smallest absolute Gasteiger partial charge is 0.233 e. The van der Waals surface area contributed by atoms with E-state index < -0.39 is 5.79 Å². The summed E-state index contributed by atoms with van der Waals surface area (Å²) in [6.07, 6.45) is 16.5. The van der Waals surface area contributed by atoms with Crippen molar-refractivity contribution in [1.82, 2.24) is 0 Å². The molecule has 1 fully saturated rings. The lowest BCUT2D eigenvalue weighted by atomic mass is 10.0. The maximum Gasteiger partial charge on any atom is 0.233 e. The predicted molar refractivity (Wildman–Crippen MR) is 101 cm³/mol. The minimum Gasteiger partial charge on any atom is -0.237 e. The summed E-state index contributed by atoms with van der Waals surface area (Å²) < 4.78 is 1.24. The fourth-order valence-electron chi connectivity index (χ4n) is 3.06. The average Bonchev–Trinajstić information content (AvgIpc) is 2.60. The van der Waals surface area contributed by atoms with E-state index in [2.05, 4.69) is 22.6 Å². The van der Waals surface area contributed by atoms with Crippen LogP contribution in [-0.2, 0) is 19.6 Å². The molecule has 0 unspecified atom stereocenters. The van der Waals surface area contributed by atoms with Crippen molar-refractivity contribution in [2.75, 3.05) is 18.1 Å². The molecule has 0 aliphatic heterocycles. The standard InChI is InChI=1S/C18H35IO4/c1-20-22-18(23-21-17-13-9-8-12-16-19)14-10-6-4-2-3-5-7-11-15-18/h2-17H2,1H3. The molecule has 0 atom stereocenters. The fraction of sp³-hybridized carbons (Fsp3) is 1.00. The fourth-order valence-corrected chi connectivity index (χ4v) is 3.60. The Morgan fingerprint density at radius 1 is 0.739 bits per heavy atom. The Labute approximate surface area is 156 Å². The molecule has 0 amide bonds. The number of rotatable bonds is 10. The minimum atomic E-state index is -0.721. The third kappa shape index (κ3) is 10.9. The number of hydrogen-bond acceptors (Lipinski definition) is 4. The molecule has 0 radical (unpaired) electrons. The Balaban J connectivity index is 2.35. The van der Waals surface area contributed by atoms with Crippen molar-refractivity contribution >= 4 is 22.6 Å². The SMILES string of the molecule is COOC1(OOCCCCCCI)CCCCCCCCCC1. The molecule has 1 aliphatic rings. The molecule has 0 saturated heterocycles. The van der Waals surface area contributed by atoms with Gasteiger partial charge < -0.3 is 0 Å². The maximum atomic E-state index is 5.74. The maximum absolute atomic E-state index is 5.74. The first kappa shape index (κ1) is 21.6. The van der Waals surface area contributed by atoms with Crippen molar-refractivity contribution in [3.05, 3.63) is 0 Å². The van der Waals surface area contributed by atoms with E-state index in [0.29, 0.717) is 6.61 Å². The summed E-state index contributed by atoms with van der Waals surface area (Å²) in [5.74, 6) is -0.721. The second kappa shape index (κ2) is 14.9. The van der Waals surface area contributed by atoms with Crippen LogP contribution in [0.2, 0.25) is 0 Å². The summed E-state index contributed by atoms with van der Waals surface area (Å²) in [6, 6.07) is 0. The van der Waals surface area contributed by atoms with Crippen LogP contribution >= 0.6 is 22.6 Å².